The molecule has 0 bridgehead atoms. The van der Waals surface area contributed by atoms with Gasteiger partial charge in [0.25, 0.3) is 0 Å². The SMILES string of the molecule is [Cu].[PH2][Ni].[Zn]. The van der Waals surface area contributed by atoms with E-state index in [4.69, 9.17) is 0 Å². The van der Waals surface area contributed by atoms with Crippen LogP contribution >= 0.6 is 8.01 Å². The second-order valence-corrected chi connectivity index (χ2v) is 0. The van der Waals surface area contributed by atoms with E-state index in [1.165, 1.54) is 0 Å². The van der Waals surface area contributed by atoms with Crippen LogP contribution in [0, 0.1) is 0 Å². The van der Waals surface area contributed by atoms with Gasteiger partial charge >= 0.3 is 23.0 Å². The van der Waals surface area contributed by atoms with E-state index in [9.17, 15) is 0 Å². The normalized spacial score (nSPS) is 1.75. The first-order chi connectivity index (χ1) is 1.00. The van der Waals surface area contributed by atoms with Crippen molar-refractivity contribution in [3.05, 3.63) is 0 Å². The molecule has 0 aliphatic carbocycles. The zero-order chi connectivity index (χ0) is 2.00. The summed E-state index contributed by atoms with van der Waals surface area (Å²) in [6.45, 7) is 0. The molecule has 0 aromatic heterocycles. The second-order valence-electron chi connectivity index (χ2n) is 0. The maximum atomic E-state index is 3.79. The molecule has 0 aliphatic heterocycles. The first-order valence-corrected chi connectivity index (χ1v) is 2.26. The van der Waals surface area contributed by atoms with E-state index in [1.54, 1.807) is 0 Å². The predicted molar refractivity (Wildman–Crippen MR) is 9.71 cm³/mol. The van der Waals surface area contributed by atoms with Gasteiger partial charge in [-0.25, -0.2) is 0 Å². The van der Waals surface area contributed by atoms with E-state index >= 15 is 0 Å². The third-order valence-electron chi connectivity index (χ3n) is 0. The van der Waals surface area contributed by atoms with Gasteiger partial charge in [-0.1, -0.05) is 0 Å². The molecule has 0 saturated heterocycles. The molecule has 0 rings (SSSR count). The van der Waals surface area contributed by atoms with Gasteiger partial charge in [0.15, 0.2) is 0 Å². The van der Waals surface area contributed by atoms with Crippen molar-refractivity contribution in [2.24, 2.45) is 0 Å². The molecule has 0 amide bonds. The van der Waals surface area contributed by atoms with E-state index in [1.807, 2.05) is 8.01 Å². The largest absolute Gasteiger partial charge is 0 e. The van der Waals surface area contributed by atoms with Gasteiger partial charge < -0.3 is 0 Å². The molecule has 0 aromatic carbocycles. The van der Waals surface area contributed by atoms with E-state index in [2.05, 4.69) is 15.0 Å². The Hall–Kier alpha value is 2.07. The van der Waals surface area contributed by atoms with Gasteiger partial charge in [-0.2, -0.15) is 0 Å². The Labute approximate surface area is 59.3 Å². The molecule has 1 atom stereocenters. The summed E-state index contributed by atoms with van der Waals surface area (Å²) in [7, 11) is 2.04. The van der Waals surface area contributed by atoms with Gasteiger partial charge in [0, 0.05) is 36.5 Å². The Kier molecular flexibility index (Phi) is 81.2. The Balaban J connectivity index is -0.00000000500. The van der Waals surface area contributed by atoms with Crippen LogP contribution in [0.5, 0.6) is 0 Å². The minimum absolute atomic E-state index is 0. The average Bonchev–Trinajstić information content (AvgIpc) is 1.00. The predicted octanol–water partition coefficient (Wildman–Crippen LogP) is 0.318. The molecule has 0 saturated carbocycles. The van der Waals surface area contributed by atoms with Crippen molar-refractivity contribution in [2.75, 3.05) is 0 Å². The van der Waals surface area contributed by atoms with Gasteiger partial charge in [-0.3, -0.25) is 0 Å². The minimum atomic E-state index is 0. The smallest absolute Gasteiger partial charge is 0 e. The van der Waals surface area contributed by atoms with E-state index < -0.39 is 0 Å². The minimum Gasteiger partial charge on any atom is 0 e. The molecule has 4 heteroatoms. The van der Waals surface area contributed by atoms with Crippen LogP contribution in [0.3, 0.4) is 0 Å². The molecule has 0 fully saturated rings. The molecular weight excluding hydrogens is 219 g/mol. The number of rotatable bonds is 0. The Morgan fingerprint density at radius 2 is 1.25 bits per heavy atom. The summed E-state index contributed by atoms with van der Waals surface area (Å²) in [6, 6.07) is 0. The van der Waals surface area contributed by atoms with Crippen molar-refractivity contribution in [2.45, 2.75) is 0 Å². The first-order valence-electron chi connectivity index (χ1n) is 0.183. The van der Waals surface area contributed by atoms with Crippen molar-refractivity contribution in [1.29, 1.82) is 0 Å². The fourth-order valence-electron chi connectivity index (χ4n) is 0. The topological polar surface area (TPSA) is 0 Å². The van der Waals surface area contributed by atoms with Crippen molar-refractivity contribution >= 4 is 8.01 Å². The summed E-state index contributed by atoms with van der Waals surface area (Å²) in [5, 5.41) is 0. The maximum absolute atomic E-state index is 3.79. The number of hydrogen-bond acceptors (Lipinski definition) is 0. The van der Waals surface area contributed by atoms with Crippen LogP contribution in [0.25, 0.3) is 0 Å². The van der Waals surface area contributed by atoms with Crippen LogP contribution in [0.15, 0.2) is 0 Å². The van der Waals surface area contributed by atoms with Crippen molar-refractivity contribution in [3.8, 4) is 0 Å². The molecule has 1 unspecified atom stereocenters. The van der Waals surface area contributed by atoms with Gasteiger partial charge in [0.1, 0.15) is 0 Å². The fourth-order valence-corrected chi connectivity index (χ4v) is 0. The fraction of sp³-hybridized carbons (Fsp3) is 0. The zero-order valence-corrected chi connectivity index (χ0v) is 7.95. The summed E-state index contributed by atoms with van der Waals surface area (Å²) in [5.74, 6) is 0. The van der Waals surface area contributed by atoms with Crippen molar-refractivity contribution < 1.29 is 51.6 Å². The molecule has 30 valence electrons. The summed E-state index contributed by atoms with van der Waals surface area (Å²) < 4.78 is 0. The maximum Gasteiger partial charge on any atom is 0 e. The van der Waals surface area contributed by atoms with E-state index in [-0.39, 0.29) is 36.5 Å². The van der Waals surface area contributed by atoms with Crippen LogP contribution in [0.4, 0.5) is 0 Å². The van der Waals surface area contributed by atoms with Crippen LogP contribution in [-0.2, 0) is 51.6 Å². The van der Waals surface area contributed by atoms with Crippen LogP contribution < -0.4 is 0 Å². The van der Waals surface area contributed by atoms with Gasteiger partial charge in [-0.05, 0) is 0 Å². The number of hydrogen-bond donors (Lipinski definition) is 0. The summed E-state index contributed by atoms with van der Waals surface area (Å²) >= 11 is 3.79. The van der Waals surface area contributed by atoms with Crippen LogP contribution in [0.1, 0.15) is 0 Å². The first kappa shape index (κ1) is 16.6. The summed E-state index contributed by atoms with van der Waals surface area (Å²) in [5.41, 5.74) is 0. The quantitative estimate of drug-likeness (QED) is 0.408. The summed E-state index contributed by atoms with van der Waals surface area (Å²) in [6.07, 6.45) is 0. The monoisotopic (exact) mass is 218 g/mol. The van der Waals surface area contributed by atoms with E-state index in [0.29, 0.717) is 0 Å². The molecule has 0 heterocycles. The Bertz CT molecular complexity index is 8.00. The zero-order valence-electron chi connectivity index (χ0n) is 1.90. The third kappa shape index (κ3) is 8.95. The third-order valence-corrected chi connectivity index (χ3v) is 0. The second kappa shape index (κ2) is 19.6. The van der Waals surface area contributed by atoms with Crippen molar-refractivity contribution in [3.63, 3.8) is 0 Å². The molecule has 0 nitrogen and oxygen atoms in total. The Morgan fingerprint density at radius 1 is 1.25 bits per heavy atom. The average molecular weight is 221 g/mol. The van der Waals surface area contributed by atoms with Gasteiger partial charge in [0.05, 0.1) is 0 Å². The van der Waals surface area contributed by atoms with Crippen molar-refractivity contribution in [1.82, 2.24) is 0 Å². The molecule has 0 spiro atoms. The molecule has 0 aliphatic rings. The molecule has 1 radical (unpaired) electrons. The van der Waals surface area contributed by atoms with E-state index in [0.717, 1.165) is 0 Å². The van der Waals surface area contributed by atoms with Crippen LogP contribution in [-0.4, -0.2) is 0 Å². The van der Waals surface area contributed by atoms with Gasteiger partial charge in [0.2, 0.25) is 0 Å². The summed E-state index contributed by atoms with van der Waals surface area (Å²) in [4.78, 5) is 0. The molecule has 4 heavy (non-hydrogen) atoms. The molecule has 0 N–H and O–H groups in total. The Morgan fingerprint density at radius 3 is 1.25 bits per heavy atom. The van der Waals surface area contributed by atoms with Crippen LogP contribution in [0.2, 0.25) is 0 Å². The molecule has 0 aromatic rings. The van der Waals surface area contributed by atoms with Gasteiger partial charge in [-0.15, -0.1) is 0 Å². The standard InChI is InChI=1S/Cu.Ni.H2P.Zn/h;;1H2;/q;+1;-1;. The molecular formula is H2CuNiPZn.